The minimum atomic E-state index is -0.277. The Hall–Kier alpha value is -1.62. The summed E-state index contributed by atoms with van der Waals surface area (Å²) in [4.78, 5) is 13.7. The van der Waals surface area contributed by atoms with E-state index in [-0.39, 0.29) is 17.6 Å². The molecule has 1 aromatic carbocycles. The monoisotopic (exact) mass is 281 g/mol. The van der Waals surface area contributed by atoms with Crippen LogP contribution < -0.4 is 4.74 Å². The minimum Gasteiger partial charge on any atom is -0.496 e. The number of nitrogens with zero attached hydrogens (tertiary/aromatic N) is 1. The number of benzene rings is 1. The highest BCUT2D eigenvalue weighted by molar-refractivity contribution is 5.78. The normalized spacial score (nSPS) is 18.6. The van der Waals surface area contributed by atoms with E-state index in [2.05, 4.69) is 0 Å². The first-order valence-electron chi connectivity index (χ1n) is 6.73. The summed E-state index contributed by atoms with van der Waals surface area (Å²) in [6.07, 6.45) is 1.15. The van der Waals surface area contributed by atoms with Crippen LogP contribution in [0.5, 0.6) is 5.75 Å². The van der Waals surface area contributed by atoms with Crippen LogP contribution in [0.15, 0.2) is 18.2 Å². The van der Waals surface area contributed by atoms with Gasteiger partial charge in [-0.3, -0.25) is 4.79 Å². The largest absolute Gasteiger partial charge is 0.496 e. The molecule has 1 amide bonds. The zero-order valence-electron chi connectivity index (χ0n) is 11.9. The van der Waals surface area contributed by atoms with Gasteiger partial charge in [0.2, 0.25) is 5.91 Å². The van der Waals surface area contributed by atoms with E-state index in [1.165, 1.54) is 12.1 Å². The minimum absolute atomic E-state index is 0.141. The lowest BCUT2D eigenvalue weighted by molar-refractivity contribution is -0.128. The molecule has 1 heterocycles. The number of likely N-dealkylation sites (tertiary alicyclic amines) is 1. The van der Waals surface area contributed by atoms with Crippen molar-refractivity contribution in [1.29, 1.82) is 0 Å². The van der Waals surface area contributed by atoms with Gasteiger partial charge in [-0.05, 0) is 36.1 Å². The standard InChI is InChI=1S/C15H20FNO3/c1-19-6-5-17-10-11(8-15(17)18)7-12-9-13(16)3-4-14(12)20-2/h3-4,9,11H,5-8,10H2,1-2H3/t11-/m1/s1. The second-order valence-electron chi connectivity index (χ2n) is 5.06. The fraction of sp³-hybridized carbons (Fsp3) is 0.533. The number of amides is 1. The predicted octanol–water partition coefficient (Wildman–Crippen LogP) is 1.87. The molecular weight excluding hydrogens is 261 g/mol. The van der Waals surface area contributed by atoms with Gasteiger partial charge in [0.05, 0.1) is 13.7 Å². The van der Waals surface area contributed by atoms with Crippen molar-refractivity contribution >= 4 is 5.91 Å². The summed E-state index contributed by atoms with van der Waals surface area (Å²) in [7, 11) is 3.19. The number of carbonyl (C=O) groups is 1. The summed E-state index contributed by atoms with van der Waals surface area (Å²) in [5.74, 6) is 0.744. The Morgan fingerprint density at radius 3 is 2.90 bits per heavy atom. The summed E-state index contributed by atoms with van der Waals surface area (Å²) in [6.45, 7) is 1.86. The molecule has 0 saturated carbocycles. The molecule has 0 spiro atoms. The van der Waals surface area contributed by atoms with Crippen LogP contribution in [-0.4, -0.2) is 44.7 Å². The van der Waals surface area contributed by atoms with E-state index in [0.29, 0.717) is 38.3 Å². The molecule has 0 unspecified atom stereocenters. The van der Waals surface area contributed by atoms with Crippen molar-refractivity contribution in [2.24, 2.45) is 5.92 Å². The molecule has 1 aliphatic rings. The average molecular weight is 281 g/mol. The molecule has 1 saturated heterocycles. The molecule has 1 atom stereocenters. The molecule has 0 aliphatic carbocycles. The van der Waals surface area contributed by atoms with E-state index in [1.54, 1.807) is 25.2 Å². The number of carbonyl (C=O) groups excluding carboxylic acids is 1. The molecule has 5 heteroatoms. The molecular formula is C15H20FNO3. The van der Waals surface area contributed by atoms with Crippen LogP contribution >= 0.6 is 0 Å². The van der Waals surface area contributed by atoms with Gasteiger partial charge in [-0.15, -0.1) is 0 Å². The topological polar surface area (TPSA) is 38.8 Å². The number of ether oxygens (including phenoxy) is 2. The van der Waals surface area contributed by atoms with Crippen molar-refractivity contribution in [3.05, 3.63) is 29.6 Å². The number of rotatable bonds is 6. The van der Waals surface area contributed by atoms with Gasteiger partial charge in [-0.25, -0.2) is 4.39 Å². The van der Waals surface area contributed by atoms with Crippen molar-refractivity contribution in [2.45, 2.75) is 12.8 Å². The smallest absolute Gasteiger partial charge is 0.223 e. The van der Waals surface area contributed by atoms with E-state index < -0.39 is 0 Å². The maximum Gasteiger partial charge on any atom is 0.223 e. The Balaban J connectivity index is 2.01. The van der Waals surface area contributed by atoms with E-state index in [1.807, 2.05) is 0 Å². The second kappa shape index (κ2) is 6.70. The van der Waals surface area contributed by atoms with Crippen LogP contribution in [0.1, 0.15) is 12.0 Å². The van der Waals surface area contributed by atoms with Crippen molar-refractivity contribution in [2.75, 3.05) is 33.9 Å². The Kier molecular flexibility index (Phi) is 4.95. The third-order valence-corrected chi connectivity index (χ3v) is 3.61. The van der Waals surface area contributed by atoms with Crippen molar-refractivity contribution < 1.29 is 18.7 Å². The molecule has 4 nitrogen and oxygen atoms in total. The van der Waals surface area contributed by atoms with Crippen molar-refractivity contribution in [1.82, 2.24) is 4.90 Å². The second-order valence-corrected chi connectivity index (χ2v) is 5.06. The number of methoxy groups -OCH3 is 2. The maximum absolute atomic E-state index is 13.3. The molecule has 0 aromatic heterocycles. The number of hydrogen-bond acceptors (Lipinski definition) is 3. The van der Waals surface area contributed by atoms with Crippen LogP contribution in [0, 0.1) is 11.7 Å². The van der Waals surface area contributed by atoms with Gasteiger partial charge in [0.1, 0.15) is 11.6 Å². The van der Waals surface area contributed by atoms with Crippen LogP contribution in [0.4, 0.5) is 4.39 Å². The Morgan fingerprint density at radius 2 is 2.20 bits per heavy atom. The van der Waals surface area contributed by atoms with E-state index in [9.17, 15) is 9.18 Å². The molecule has 110 valence electrons. The first-order chi connectivity index (χ1) is 9.63. The Bertz CT molecular complexity index is 478. The lowest BCUT2D eigenvalue weighted by atomic mass is 9.98. The average Bonchev–Trinajstić information content (AvgIpc) is 2.77. The van der Waals surface area contributed by atoms with Crippen molar-refractivity contribution in [3.8, 4) is 5.75 Å². The van der Waals surface area contributed by atoms with Gasteiger partial charge in [0.15, 0.2) is 0 Å². The van der Waals surface area contributed by atoms with Crippen LogP contribution in [0.25, 0.3) is 0 Å². The first-order valence-corrected chi connectivity index (χ1v) is 6.73. The molecule has 2 rings (SSSR count). The quantitative estimate of drug-likeness (QED) is 0.799. The predicted molar refractivity (Wildman–Crippen MR) is 73.2 cm³/mol. The highest BCUT2D eigenvalue weighted by atomic mass is 19.1. The summed E-state index contributed by atoms with van der Waals surface area (Å²) >= 11 is 0. The van der Waals surface area contributed by atoms with Gasteiger partial charge in [-0.1, -0.05) is 0 Å². The van der Waals surface area contributed by atoms with Gasteiger partial charge >= 0.3 is 0 Å². The van der Waals surface area contributed by atoms with Gasteiger partial charge in [0.25, 0.3) is 0 Å². The molecule has 1 fully saturated rings. The highest BCUT2D eigenvalue weighted by Gasteiger charge is 2.29. The SMILES string of the molecule is COCCN1C[C@H](Cc2cc(F)ccc2OC)CC1=O. The zero-order valence-corrected chi connectivity index (χ0v) is 11.9. The van der Waals surface area contributed by atoms with Crippen LogP contribution in [-0.2, 0) is 16.0 Å². The summed E-state index contributed by atoms with van der Waals surface area (Å²) < 4.78 is 23.6. The zero-order chi connectivity index (χ0) is 14.5. The van der Waals surface area contributed by atoms with Gasteiger partial charge in [-0.2, -0.15) is 0 Å². The third kappa shape index (κ3) is 3.48. The Morgan fingerprint density at radius 1 is 1.40 bits per heavy atom. The fourth-order valence-electron chi connectivity index (χ4n) is 2.63. The first kappa shape index (κ1) is 14.8. The lowest BCUT2D eigenvalue weighted by Gasteiger charge is -2.16. The molecule has 1 aromatic rings. The van der Waals surface area contributed by atoms with Gasteiger partial charge < -0.3 is 14.4 Å². The van der Waals surface area contributed by atoms with E-state index in [4.69, 9.17) is 9.47 Å². The molecule has 20 heavy (non-hydrogen) atoms. The summed E-state index contributed by atoms with van der Waals surface area (Å²) in [5, 5.41) is 0. The van der Waals surface area contributed by atoms with Crippen LogP contribution in [0.2, 0.25) is 0 Å². The molecule has 0 radical (unpaired) electrons. The fourth-order valence-corrected chi connectivity index (χ4v) is 2.63. The molecule has 0 bridgehead atoms. The third-order valence-electron chi connectivity index (χ3n) is 3.61. The van der Waals surface area contributed by atoms with Crippen LogP contribution in [0.3, 0.4) is 0 Å². The Labute approximate surface area is 118 Å². The number of halogens is 1. The van der Waals surface area contributed by atoms with Crippen molar-refractivity contribution in [3.63, 3.8) is 0 Å². The number of hydrogen-bond donors (Lipinski definition) is 0. The lowest BCUT2D eigenvalue weighted by Crippen LogP contribution is -2.28. The summed E-state index contributed by atoms with van der Waals surface area (Å²) in [5.41, 5.74) is 0.818. The molecule has 1 aliphatic heterocycles. The van der Waals surface area contributed by atoms with E-state index in [0.717, 1.165) is 5.56 Å². The highest BCUT2D eigenvalue weighted by Crippen LogP contribution is 2.27. The van der Waals surface area contributed by atoms with E-state index >= 15 is 0 Å². The molecule has 0 N–H and O–H groups in total. The van der Waals surface area contributed by atoms with Gasteiger partial charge in [0, 0.05) is 26.6 Å². The maximum atomic E-state index is 13.3. The summed E-state index contributed by atoms with van der Waals surface area (Å²) in [6, 6.07) is 4.50.